The average Bonchev–Trinajstić information content (AvgIpc) is 2.94. The molecule has 2 aromatic carbocycles. The first-order valence-corrected chi connectivity index (χ1v) is 13.1. The van der Waals surface area contributed by atoms with Crippen LogP contribution in [-0.2, 0) is 23.9 Å². The van der Waals surface area contributed by atoms with Crippen LogP contribution in [0.5, 0.6) is 17.4 Å². The summed E-state index contributed by atoms with van der Waals surface area (Å²) >= 11 is 0. The van der Waals surface area contributed by atoms with Crippen LogP contribution < -0.4 is 20.1 Å². The molecule has 224 valence electrons. The standard InChI is InChI=1S/C28H28F5N5O4/c1-38-8-6-21(20(30)13-38)35-25(39)16-10-24(40-2)22(11-19(16)29)36-27-34-12-18(28(31,32)33)26(37-27)42-23-5-3-4-15-7-9-41-14-17(15)23/h3-5,10-12,20-21H,6-9,13-14H2,1-2H3,(H,35,39)(H,34,36,37)/t20-,21+/m0/s1. The zero-order valence-corrected chi connectivity index (χ0v) is 22.7. The molecule has 2 aliphatic rings. The van der Waals surface area contributed by atoms with Crippen LogP contribution >= 0.6 is 0 Å². The predicted molar refractivity (Wildman–Crippen MR) is 141 cm³/mol. The van der Waals surface area contributed by atoms with E-state index in [-0.39, 0.29) is 36.3 Å². The molecule has 0 unspecified atom stereocenters. The molecule has 0 saturated carbocycles. The van der Waals surface area contributed by atoms with Crippen LogP contribution in [0.3, 0.4) is 0 Å². The molecule has 2 aliphatic heterocycles. The Bertz CT molecular complexity index is 1470. The Morgan fingerprint density at radius 1 is 1.21 bits per heavy atom. The first-order chi connectivity index (χ1) is 20.0. The van der Waals surface area contributed by atoms with Crippen molar-refractivity contribution in [2.24, 2.45) is 0 Å². The van der Waals surface area contributed by atoms with Crippen molar-refractivity contribution < 1.29 is 41.0 Å². The van der Waals surface area contributed by atoms with Gasteiger partial charge < -0.3 is 29.7 Å². The summed E-state index contributed by atoms with van der Waals surface area (Å²) in [6.45, 7) is 1.36. The number of amides is 1. The van der Waals surface area contributed by atoms with Crippen molar-refractivity contribution in [1.82, 2.24) is 20.2 Å². The van der Waals surface area contributed by atoms with Crippen LogP contribution in [-0.4, -0.2) is 66.8 Å². The summed E-state index contributed by atoms with van der Waals surface area (Å²) in [6.07, 6.45) is -4.65. The van der Waals surface area contributed by atoms with Crippen LogP contribution in [0.4, 0.5) is 33.6 Å². The van der Waals surface area contributed by atoms with Gasteiger partial charge in [0.25, 0.3) is 5.91 Å². The number of carbonyl (C=O) groups excluding carboxylic acids is 1. The van der Waals surface area contributed by atoms with E-state index in [4.69, 9.17) is 14.2 Å². The highest BCUT2D eigenvalue weighted by Gasteiger charge is 2.37. The first kappa shape index (κ1) is 29.5. The Balaban J connectivity index is 1.41. The molecule has 14 heteroatoms. The fourth-order valence-corrected chi connectivity index (χ4v) is 4.84. The number of rotatable bonds is 7. The second kappa shape index (κ2) is 12.1. The number of nitrogens with zero attached hydrogens (tertiary/aromatic N) is 3. The smallest absolute Gasteiger partial charge is 0.423 e. The van der Waals surface area contributed by atoms with Crippen molar-refractivity contribution in [2.75, 3.05) is 39.2 Å². The molecule has 3 aromatic rings. The highest BCUT2D eigenvalue weighted by atomic mass is 19.4. The van der Waals surface area contributed by atoms with Crippen molar-refractivity contribution in [3.63, 3.8) is 0 Å². The average molecular weight is 594 g/mol. The summed E-state index contributed by atoms with van der Waals surface area (Å²) in [4.78, 5) is 22.2. The Kier molecular flexibility index (Phi) is 8.45. The monoisotopic (exact) mass is 593 g/mol. The number of piperidine rings is 1. The maximum atomic E-state index is 15.1. The predicted octanol–water partition coefficient (Wildman–Crippen LogP) is 5.02. The molecule has 1 aromatic heterocycles. The Morgan fingerprint density at radius 3 is 2.76 bits per heavy atom. The van der Waals surface area contributed by atoms with Crippen molar-refractivity contribution in [2.45, 2.75) is 37.8 Å². The molecule has 0 bridgehead atoms. The number of hydrogen-bond acceptors (Lipinski definition) is 8. The molecular formula is C28H28F5N5O4. The Hall–Kier alpha value is -4.04. The Morgan fingerprint density at radius 2 is 2.02 bits per heavy atom. The van der Waals surface area contributed by atoms with Gasteiger partial charge in [0.05, 0.1) is 37.6 Å². The molecule has 2 atom stereocenters. The van der Waals surface area contributed by atoms with Gasteiger partial charge in [-0.1, -0.05) is 12.1 Å². The SMILES string of the molecule is COc1cc(C(=O)N[C@@H]2CCN(C)C[C@@H]2F)c(F)cc1Nc1ncc(C(F)(F)F)c(Oc2cccc3c2COCC3)n1. The number of hydrogen-bond donors (Lipinski definition) is 2. The molecule has 3 heterocycles. The van der Waals surface area contributed by atoms with E-state index in [0.717, 1.165) is 17.7 Å². The van der Waals surface area contributed by atoms with Crippen LogP contribution in [0.2, 0.25) is 0 Å². The van der Waals surface area contributed by atoms with Crippen LogP contribution in [0.25, 0.3) is 0 Å². The van der Waals surface area contributed by atoms with Gasteiger partial charge in [0.15, 0.2) is 0 Å². The van der Waals surface area contributed by atoms with Gasteiger partial charge in [0.1, 0.15) is 29.1 Å². The molecular weight excluding hydrogens is 565 g/mol. The van der Waals surface area contributed by atoms with Gasteiger partial charge >= 0.3 is 6.18 Å². The topological polar surface area (TPSA) is 97.8 Å². The largest absolute Gasteiger partial charge is 0.495 e. The Labute approximate surface area is 238 Å². The zero-order valence-electron chi connectivity index (χ0n) is 22.7. The van der Waals surface area contributed by atoms with Crippen molar-refractivity contribution in [1.29, 1.82) is 0 Å². The molecule has 1 fully saturated rings. The van der Waals surface area contributed by atoms with Gasteiger partial charge in [-0.05, 0) is 37.6 Å². The van der Waals surface area contributed by atoms with E-state index in [1.54, 1.807) is 18.0 Å². The summed E-state index contributed by atoms with van der Waals surface area (Å²) in [5, 5.41) is 5.16. The number of likely N-dealkylation sites (tertiary alicyclic amines) is 1. The second-order valence-electron chi connectivity index (χ2n) is 10.0. The van der Waals surface area contributed by atoms with Gasteiger partial charge in [-0.25, -0.2) is 13.8 Å². The number of fused-ring (bicyclic) bond motifs is 1. The minimum Gasteiger partial charge on any atom is -0.495 e. The molecule has 2 N–H and O–H groups in total. The van der Waals surface area contributed by atoms with Gasteiger partial charge in [0.2, 0.25) is 11.8 Å². The number of aromatic nitrogens is 2. The quantitative estimate of drug-likeness (QED) is 0.369. The fourth-order valence-electron chi connectivity index (χ4n) is 4.84. The van der Waals surface area contributed by atoms with Gasteiger partial charge in [-0.3, -0.25) is 4.79 Å². The van der Waals surface area contributed by atoms with E-state index in [2.05, 4.69) is 20.6 Å². The van der Waals surface area contributed by atoms with Crippen molar-refractivity contribution in [3.8, 4) is 17.4 Å². The van der Waals surface area contributed by atoms with E-state index in [1.165, 1.54) is 13.2 Å². The molecule has 5 rings (SSSR count). The number of methoxy groups -OCH3 is 1. The van der Waals surface area contributed by atoms with Crippen LogP contribution in [0.1, 0.15) is 33.5 Å². The minimum absolute atomic E-state index is 0.0260. The third kappa shape index (κ3) is 6.39. The number of carbonyl (C=O) groups is 1. The summed E-state index contributed by atoms with van der Waals surface area (Å²) in [5.41, 5.74) is -0.168. The van der Waals surface area contributed by atoms with E-state index in [0.29, 0.717) is 37.8 Å². The third-order valence-electron chi connectivity index (χ3n) is 7.10. The van der Waals surface area contributed by atoms with Crippen molar-refractivity contribution in [3.05, 3.63) is 64.6 Å². The summed E-state index contributed by atoms with van der Waals surface area (Å²) in [6, 6.07) is 6.27. The van der Waals surface area contributed by atoms with E-state index < -0.39 is 47.1 Å². The summed E-state index contributed by atoms with van der Waals surface area (Å²) in [7, 11) is 3.03. The zero-order chi connectivity index (χ0) is 30.0. The first-order valence-electron chi connectivity index (χ1n) is 13.1. The number of benzene rings is 2. The lowest BCUT2D eigenvalue weighted by atomic mass is 10.0. The highest BCUT2D eigenvalue weighted by Crippen LogP contribution is 2.39. The lowest BCUT2D eigenvalue weighted by Gasteiger charge is -2.32. The number of nitrogens with one attached hydrogen (secondary N) is 2. The van der Waals surface area contributed by atoms with Crippen LogP contribution in [0.15, 0.2) is 36.5 Å². The lowest BCUT2D eigenvalue weighted by molar-refractivity contribution is -0.139. The molecule has 0 aliphatic carbocycles. The highest BCUT2D eigenvalue weighted by molar-refractivity contribution is 5.96. The molecule has 0 spiro atoms. The molecule has 1 amide bonds. The molecule has 0 radical (unpaired) electrons. The molecule has 9 nitrogen and oxygen atoms in total. The summed E-state index contributed by atoms with van der Waals surface area (Å²) < 4.78 is 87.3. The number of anilines is 2. The fraction of sp³-hybridized carbons (Fsp3) is 0.393. The molecule has 42 heavy (non-hydrogen) atoms. The molecule has 1 saturated heterocycles. The summed E-state index contributed by atoms with van der Waals surface area (Å²) in [5.74, 6) is -2.79. The number of ether oxygens (including phenoxy) is 3. The normalized spacial score (nSPS) is 19.1. The third-order valence-corrected chi connectivity index (χ3v) is 7.10. The van der Waals surface area contributed by atoms with E-state index in [1.807, 2.05) is 6.07 Å². The van der Waals surface area contributed by atoms with Gasteiger partial charge in [0, 0.05) is 30.9 Å². The van der Waals surface area contributed by atoms with Gasteiger partial charge in [-0.15, -0.1) is 0 Å². The second-order valence-corrected chi connectivity index (χ2v) is 10.0. The van der Waals surface area contributed by atoms with Crippen molar-refractivity contribution >= 4 is 17.5 Å². The number of alkyl halides is 4. The minimum atomic E-state index is -4.83. The van der Waals surface area contributed by atoms with E-state index in [9.17, 15) is 22.4 Å². The van der Waals surface area contributed by atoms with E-state index >= 15 is 4.39 Å². The lowest BCUT2D eigenvalue weighted by Crippen LogP contribution is -2.51. The maximum Gasteiger partial charge on any atom is 0.423 e. The maximum absolute atomic E-state index is 15.1. The van der Waals surface area contributed by atoms with Crippen LogP contribution in [0, 0.1) is 5.82 Å². The van der Waals surface area contributed by atoms with Gasteiger partial charge in [-0.2, -0.15) is 18.2 Å². The number of halogens is 5.